The highest BCUT2D eigenvalue weighted by Crippen LogP contribution is 2.32. The monoisotopic (exact) mass is 274 g/mol. The maximum absolute atomic E-state index is 12.7. The number of carbonyl (C=O) groups excluding carboxylic acids is 1. The molecular weight excluding hydrogens is 252 g/mol. The number of aromatic nitrogens is 1. The number of likely N-dealkylation sites (N-methyl/N-ethyl adjacent to an activating group) is 1. The third-order valence-electron chi connectivity index (χ3n) is 4.70. The van der Waals surface area contributed by atoms with Gasteiger partial charge in [-0.3, -0.25) is 14.7 Å². The minimum absolute atomic E-state index is 0.0963. The van der Waals surface area contributed by atoms with Crippen molar-refractivity contribution in [3.05, 3.63) is 29.1 Å². The van der Waals surface area contributed by atoms with Crippen LogP contribution in [0.5, 0.6) is 0 Å². The molecule has 3 rings (SSSR count). The Balaban J connectivity index is 1.81. The van der Waals surface area contributed by atoms with Gasteiger partial charge < -0.3 is 4.74 Å². The van der Waals surface area contributed by atoms with Crippen LogP contribution < -0.4 is 0 Å². The van der Waals surface area contributed by atoms with Crippen molar-refractivity contribution < 1.29 is 9.53 Å². The van der Waals surface area contributed by atoms with Gasteiger partial charge in [0.15, 0.2) is 5.78 Å². The molecule has 2 unspecified atom stereocenters. The number of morpholine rings is 1. The molecule has 1 aromatic rings. The SMILES string of the molecule is Cc1cnc(C(=O)C2CC3COCC(C2)N3C)c(C)c1. The van der Waals surface area contributed by atoms with Crippen molar-refractivity contribution in [2.75, 3.05) is 20.3 Å². The molecule has 108 valence electrons. The Morgan fingerprint density at radius 1 is 1.30 bits per heavy atom. The fourth-order valence-electron chi connectivity index (χ4n) is 3.48. The van der Waals surface area contributed by atoms with Gasteiger partial charge in [0.25, 0.3) is 0 Å². The maximum atomic E-state index is 12.7. The number of ether oxygens (including phenoxy) is 1. The largest absolute Gasteiger partial charge is 0.378 e. The van der Waals surface area contributed by atoms with Gasteiger partial charge in [-0.1, -0.05) is 6.07 Å². The number of pyridine rings is 1. The maximum Gasteiger partial charge on any atom is 0.184 e. The first-order valence-corrected chi connectivity index (χ1v) is 7.33. The highest BCUT2D eigenvalue weighted by atomic mass is 16.5. The number of ketones is 1. The minimum atomic E-state index is 0.0963. The van der Waals surface area contributed by atoms with Crippen molar-refractivity contribution in [2.24, 2.45) is 5.92 Å². The van der Waals surface area contributed by atoms with E-state index in [0.717, 1.165) is 37.2 Å². The molecule has 20 heavy (non-hydrogen) atoms. The van der Waals surface area contributed by atoms with Crippen molar-refractivity contribution in [3.63, 3.8) is 0 Å². The third kappa shape index (κ3) is 2.38. The Labute approximate surface area is 120 Å². The van der Waals surface area contributed by atoms with E-state index in [1.54, 1.807) is 6.20 Å². The zero-order valence-corrected chi connectivity index (χ0v) is 12.4. The van der Waals surface area contributed by atoms with Crippen molar-refractivity contribution in [3.8, 4) is 0 Å². The van der Waals surface area contributed by atoms with E-state index in [1.165, 1.54) is 0 Å². The molecule has 0 saturated carbocycles. The molecule has 2 saturated heterocycles. The third-order valence-corrected chi connectivity index (χ3v) is 4.70. The predicted octanol–water partition coefficient (Wildman–Crippen LogP) is 1.99. The Bertz CT molecular complexity index is 515. The van der Waals surface area contributed by atoms with E-state index < -0.39 is 0 Å². The summed E-state index contributed by atoms with van der Waals surface area (Å²) in [6, 6.07) is 2.79. The Kier molecular flexibility index (Phi) is 3.61. The van der Waals surface area contributed by atoms with Gasteiger partial charge in [0.1, 0.15) is 5.69 Å². The Hall–Kier alpha value is -1.26. The van der Waals surface area contributed by atoms with Crippen molar-refractivity contribution in [2.45, 2.75) is 38.8 Å². The summed E-state index contributed by atoms with van der Waals surface area (Å²) < 4.78 is 5.61. The van der Waals surface area contributed by atoms with Crippen LogP contribution in [0, 0.1) is 19.8 Å². The number of nitrogens with zero attached hydrogens (tertiary/aromatic N) is 2. The van der Waals surface area contributed by atoms with Gasteiger partial charge in [-0.05, 0) is 44.9 Å². The molecule has 2 aliphatic rings. The first kappa shape index (κ1) is 13.7. The molecule has 4 heteroatoms. The summed E-state index contributed by atoms with van der Waals surface area (Å²) >= 11 is 0. The lowest BCUT2D eigenvalue weighted by Gasteiger charge is -2.46. The van der Waals surface area contributed by atoms with Crippen LogP contribution in [0.4, 0.5) is 0 Å². The van der Waals surface area contributed by atoms with E-state index in [-0.39, 0.29) is 11.7 Å². The average Bonchev–Trinajstić information content (AvgIpc) is 2.37. The zero-order valence-electron chi connectivity index (χ0n) is 12.4. The molecule has 2 aliphatic heterocycles. The first-order valence-electron chi connectivity index (χ1n) is 7.33. The van der Waals surface area contributed by atoms with Crippen LogP contribution in [-0.4, -0.2) is 48.0 Å². The van der Waals surface area contributed by atoms with Gasteiger partial charge in [-0.2, -0.15) is 0 Å². The summed E-state index contributed by atoms with van der Waals surface area (Å²) in [5.41, 5.74) is 2.76. The number of carbonyl (C=O) groups is 1. The lowest BCUT2D eigenvalue weighted by Crippen LogP contribution is -2.55. The molecule has 2 bridgehead atoms. The lowest BCUT2D eigenvalue weighted by molar-refractivity contribution is -0.0703. The van der Waals surface area contributed by atoms with E-state index >= 15 is 0 Å². The summed E-state index contributed by atoms with van der Waals surface area (Å²) in [6.45, 7) is 5.48. The summed E-state index contributed by atoms with van der Waals surface area (Å²) in [4.78, 5) is 19.5. The van der Waals surface area contributed by atoms with Gasteiger partial charge >= 0.3 is 0 Å². The fourth-order valence-corrected chi connectivity index (χ4v) is 3.48. The van der Waals surface area contributed by atoms with Crippen LogP contribution in [0.15, 0.2) is 12.3 Å². The number of Topliss-reactive ketones (excluding diaryl/α,β-unsaturated/α-hetero) is 1. The molecule has 2 fully saturated rings. The van der Waals surface area contributed by atoms with Crippen LogP contribution in [0.3, 0.4) is 0 Å². The Morgan fingerprint density at radius 2 is 1.95 bits per heavy atom. The number of rotatable bonds is 2. The molecule has 4 nitrogen and oxygen atoms in total. The molecule has 0 N–H and O–H groups in total. The minimum Gasteiger partial charge on any atom is -0.378 e. The van der Waals surface area contributed by atoms with Crippen LogP contribution in [0.25, 0.3) is 0 Å². The van der Waals surface area contributed by atoms with Crippen molar-refractivity contribution >= 4 is 5.78 Å². The molecule has 0 spiro atoms. The number of fused-ring (bicyclic) bond motifs is 2. The summed E-state index contributed by atoms with van der Waals surface area (Å²) in [5, 5.41) is 0. The highest BCUT2D eigenvalue weighted by Gasteiger charge is 2.40. The number of aryl methyl sites for hydroxylation is 2. The zero-order chi connectivity index (χ0) is 14.3. The molecule has 0 aromatic carbocycles. The van der Waals surface area contributed by atoms with Crippen molar-refractivity contribution in [1.82, 2.24) is 9.88 Å². The predicted molar refractivity (Wildman–Crippen MR) is 76.9 cm³/mol. The van der Waals surface area contributed by atoms with Crippen molar-refractivity contribution in [1.29, 1.82) is 0 Å². The summed E-state index contributed by atoms with van der Waals surface area (Å²) in [7, 11) is 2.15. The van der Waals surface area contributed by atoms with Crippen LogP contribution in [0.2, 0.25) is 0 Å². The van der Waals surface area contributed by atoms with Crippen LogP contribution >= 0.6 is 0 Å². The van der Waals surface area contributed by atoms with E-state index in [9.17, 15) is 4.79 Å². The Morgan fingerprint density at radius 3 is 2.55 bits per heavy atom. The van der Waals surface area contributed by atoms with Gasteiger partial charge in [-0.15, -0.1) is 0 Å². The lowest BCUT2D eigenvalue weighted by atomic mass is 9.81. The quantitative estimate of drug-likeness (QED) is 0.774. The second kappa shape index (κ2) is 5.26. The normalized spacial score (nSPS) is 30.2. The van der Waals surface area contributed by atoms with Crippen LogP contribution in [-0.2, 0) is 4.74 Å². The second-order valence-corrected chi connectivity index (χ2v) is 6.22. The number of piperidine rings is 1. The highest BCUT2D eigenvalue weighted by molar-refractivity contribution is 5.97. The molecule has 3 heterocycles. The molecular formula is C16H22N2O2. The van der Waals surface area contributed by atoms with Gasteiger partial charge in [-0.25, -0.2) is 0 Å². The van der Waals surface area contributed by atoms with E-state index in [4.69, 9.17) is 4.74 Å². The summed E-state index contributed by atoms with van der Waals surface area (Å²) in [5.74, 6) is 0.312. The van der Waals surface area contributed by atoms with E-state index in [2.05, 4.69) is 16.9 Å². The van der Waals surface area contributed by atoms with Gasteiger partial charge in [0.2, 0.25) is 0 Å². The fraction of sp³-hybridized carbons (Fsp3) is 0.625. The van der Waals surface area contributed by atoms with Gasteiger partial charge in [0, 0.05) is 24.2 Å². The number of hydrogen-bond donors (Lipinski definition) is 0. The number of hydrogen-bond acceptors (Lipinski definition) is 4. The first-order chi connectivity index (χ1) is 9.56. The summed E-state index contributed by atoms with van der Waals surface area (Å²) in [6.07, 6.45) is 3.57. The topological polar surface area (TPSA) is 42.4 Å². The molecule has 0 amide bonds. The molecule has 2 atom stereocenters. The second-order valence-electron chi connectivity index (χ2n) is 6.22. The van der Waals surface area contributed by atoms with Crippen LogP contribution in [0.1, 0.15) is 34.5 Å². The molecule has 0 radical (unpaired) electrons. The average molecular weight is 274 g/mol. The molecule has 0 aliphatic carbocycles. The molecule has 1 aromatic heterocycles. The standard InChI is InChI=1S/C16H22N2O2/c1-10-4-11(2)15(17-7-10)16(19)12-5-13-8-20-9-14(6-12)18(13)3/h4,7,12-14H,5-6,8-9H2,1-3H3. The van der Waals surface area contributed by atoms with Gasteiger partial charge in [0.05, 0.1) is 13.2 Å². The van der Waals surface area contributed by atoms with E-state index in [1.807, 2.05) is 19.9 Å². The van der Waals surface area contributed by atoms with E-state index in [0.29, 0.717) is 17.8 Å². The smallest absolute Gasteiger partial charge is 0.184 e.